The Morgan fingerprint density at radius 1 is 1.30 bits per heavy atom. The van der Waals surface area contributed by atoms with E-state index in [0.29, 0.717) is 19.6 Å². The van der Waals surface area contributed by atoms with Gasteiger partial charge in [0.1, 0.15) is 18.0 Å². The second-order valence-corrected chi connectivity index (χ2v) is 5.95. The van der Waals surface area contributed by atoms with Crippen molar-refractivity contribution >= 4 is 12.2 Å². The molecule has 0 aromatic heterocycles. The van der Waals surface area contributed by atoms with Crippen LogP contribution in [-0.2, 0) is 4.74 Å². The summed E-state index contributed by atoms with van der Waals surface area (Å²) in [6.07, 6.45) is 4.68. The molecule has 0 aliphatic rings. The van der Waals surface area contributed by atoms with Gasteiger partial charge in [-0.05, 0) is 44.9 Å². The van der Waals surface area contributed by atoms with E-state index in [-0.39, 0.29) is 0 Å². The lowest BCUT2D eigenvalue weighted by Gasteiger charge is -2.19. The minimum atomic E-state index is -0.475. The number of hydrogen-bond donors (Lipinski definition) is 1. The number of carbonyl (C=O) groups is 1. The lowest BCUT2D eigenvalue weighted by atomic mass is 10.2. The largest absolute Gasteiger partial charge is 0.493 e. The van der Waals surface area contributed by atoms with Crippen LogP contribution in [0.2, 0.25) is 0 Å². The van der Waals surface area contributed by atoms with E-state index in [1.165, 1.54) is 0 Å². The molecule has 0 radical (unpaired) electrons. The van der Waals surface area contributed by atoms with Gasteiger partial charge in [0.25, 0.3) is 0 Å². The average Bonchev–Trinajstić information content (AvgIpc) is 2.47. The molecule has 5 nitrogen and oxygen atoms in total. The Kier molecular flexibility index (Phi) is 7.69. The highest BCUT2D eigenvalue weighted by atomic mass is 16.6. The van der Waals surface area contributed by atoms with Crippen molar-refractivity contribution in [3.63, 3.8) is 0 Å². The number of nitrogens with one attached hydrogen (secondary N) is 1. The second-order valence-electron chi connectivity index (χ2n) is 5.95. The number of nitrogens with zero attached hydrogens (tertiary/aromatic N) is 1. The second kappa shape index (κ2) is 9.52. The maximum absolute atomic E-state index is 11.4. The lowest BCUT2D eigenvalue weighted by Crippen LogP contribution is -2.32. The van der Waals surface area contributed by atoms with Crippen LogP contribution in [-0.4, -0.2) is 24.8 Å². The molecular weight excluding hydrogens is 292 g/mol. The van der Waals surface area contributed by atoms with E-state index in [1.807, 2.05) is 63.3 Å². The molecule has 1 aromatic carbocycles. The van der Waals surface area contributed by atoms with E-state index in [4.69, 9.17) is 14.7 Å². The number of hydrogen-bond acceptors (Lipinski definition) is 4. The van der Waals surface area contributed by atoms with Crippen LogP contribution in [0.1, 0.15) is 39.2 Å². The fraction of sp³-hybridized carbons (Fsp3) is 0.444. The summed E-state index contributed by atoms with van der Waals surface area (Å²) in [5.74, 6) is 0.754. The molecule has 0 aliphatic carbocycles. The maximum Gasteiger partial charge on any atom is 0.407 e. The minimum absolute atomic E-state index is 0.381. The van der Waals surface area contributed by atoms with Gasteiger partial charge in [0.15, 0.2) is 0 Å². The molecule has 0 heterocycles. The standard InChI is InChI=1S/C18H24N2O3/c1-18(2,3)23-17(21)20-13-5-4-7-15-8-10-16(11-9-15)22-14-6-12-19/h4,7-11H,5-6,13-14H2,1-3H3,(H,20,21). The molecule has 1 N–H and O–H groups in total. The molecule has 1 rings (SSSR count). The summed E-state index contributed by atoms with van der Waals surface area (Å²) in [7, 11) is 0. The van der Waals surface area contributed by atoms with Crippen molar-refractivity contribution in [2.24, 2.45) is 0 Å². The Morgan fingerprint density at radius 3 is 2.61 bits per heavy atom. The van der Waals surface area contributed by atoms with Crippen LogP contribution in [0.4, 0.5) is 4.79 Å². The normalized spacial score (nSPS) is 11.0. The SMILES string of the molecule is CC(C)(C)OC(=O)NCCC=Cc1ccc(OCCC#N)cc1. The summed E-state index contributed by atoms with van der Waals surface area (Å²) in [4.78, 5) is 11.4. The van der Waals surface area contributed by atoms with Crippen LogP contribution in [0, 0.1) is 11.3 Å². The number of ether oxygens (including phenoxy) is 2. The van der Waals surface area contributed by atoms with Gasteiger partial charge >= 0.3 is 6.09 Å². The first-order chi connectivity index (χ1) is 10.9. The number of benzene rings is 1. The van der Waals surface area contributed by atoms with Gasteiger partial charge < -0.3 is 14.8 Å². The van der Waals surface area contributed by atoms with E-state index in [0.717, 1.165) is 17.7 Å². The summed E-state index contributed by atoms with van der Waals surface area (Å²) in [5, 5.41) is 11.2. The number of rotatable bonds is 7. The maximum atomic E-state index is 11.4. The van der Waals surface area contributed by atoms with Crippen LogP contribution >= 0.6 is 0 Å². The molecule has 23 heavy (non-hydrogen) atoms. The lowest BCUT2D eigenvalue weighted by molar-refractivity contribution is 0.0529. The highest BCUT2D eigenvalue weighted by Gasteiger charge is 2.15. The van der Waals surface area contributed by atoms with Gasteiger partial charge in [-0.15, -0.1) is 0 Å². The number of nitriles is 1. The molecule has 0 saturated carbocycles. The van der Waals surface area contributed by atoms with E-state index in [2.05, 4.69) is 5.32 Å². The number of alkyl carbamates (subject to hydrolysis) is 1. The molecule has 0 unspecified atom stereocenters. The quantitative estimate of drug-likeness (QED) is 0.774. The van der Waals surface area contributed by atoms with Crippen molar-refractivity contribution in [2.45, 2.75) is 39.2 Å². The van der Waals surface area contributed by atoms with Gasteiger partial charge in [0, 0.05) is 6.54 Å². The minimum Gasteiger partial charge on any atom is -0.493 e. The molecule has 0 spiro atoms. The highest BCUT2D eigenvalue weighted by molar-refractivity contribution is 5.67. The van der Waals surface area contributed by atoms with Gasteiger partial charge in [-0.3, -0.25) is 0 Å². The first-order valence-corrected chi connectivity index (χ1v) is 7.64. The van der Waals surface area contributed by atoms with E-state index >= 15 is 0 Å². The highest BCUT2D eigenvalue weighted by Crippen LogP contribution is 2.13. The van der Waals surface area contributed by atoms with Crippen molar-refractivity contribution < 1.29 is 14.3 Å². The van der Waals surface area contributed by atoms with Crippen molar-refractivity contribution in [1.29, 1.82) is 5.26 Å². The van der Waals surface area contributed by atoms with Crippen LogP contribution in [0.3, 0.4) is 0 Å². The van der Waals surface area contributed by atoms with Crippen LogP contribution in [0.15, 0.2) is 30.3 Å². The van der Waals surface area contributed by atoms with Gasteiger partial charge in [0.2, 0.25) is 0 Å². The van der Waals surface area contributed by atoms with Crippen LogP contribution < -0.4 is 10.1 Å². The smallest absolute Gasteiger partial charge is 0.407 e. The van der Waals surface area contributed by atoms with Crippen molar-refractivity contribution in [1.82, 2.24) is 5.32 Å². The average molecular weight is 316 g/mol. The van der Waals surface area contributed by atoms with Crippen molar-refractivity contribution in [2.75, 3.05) is 13.2 Å². The Hall–Kier alpha value is -2.48. The first-order valence-electron chi connectivity index (χ1n) is 7.64. The summed E-state index contributed by atoms with van der Waals surface area (Å²) in [6, 6.07) is 9.66. The first kappa shape index (κ1) is 18.6. The third-order valence-corrected chi connectivity index (χ3v) is 2.65. The molecule has 0 aliphatic heterocycles. The predicted octanol–water partition coefficient (Wildman–Crippen LogP) is 3.91. The molecule has 1 aromatic rings. The number of carbonyl (C=O) groups excluding carboxylic acids is 1. The summed E-state index contributed by atoms with van der Waals surface area (Å²) < 4.78 is 10.6. The van der Waals surface area contributed by atoms with E-state index in [9.17, 15) is 4.79 Å². The predicted molar refractivity (Wildman–Crippen MR) is 90.1 cm³/mol. The van der Waals surface area contributed by atoms with Crippen molar-refractivity contribution in [3.05, 3.63) is 35.9 Å². The monoisotopic (exact) mass is 316 g/mol. The number of amides is 1. The molecule has 0 saturated heterocycles. The Morgan fingerprint density at radius 2 is 2.00 bits per heavy atom. The summed E-state index contributed by atoms with van der Waals surface area (Å²) >= 11 is 0. The van der Waals surface area contributed by atoms with Crippen molar-refractivity contribution in [3.8, 4) is 11.8 Å². The zero-order valence-corrected chi connectivity index (χ0v) is 14.0. The molecular formula is C18H24N2O3. The fourth-order valence-corrected chi connectivity index (χ4v) is 1.68. The molecule has 0 fully saturated rings. The Balaban J connectivity index is 2.27. The van der Waals surface area contributed by atoms with Gasteiger partial charge in [-0.1, -0.05) is 24.3 Å². The Labute approximate surface area is 137 Å². The van der Waals surface area contributed by atoms with Crippen LogP contribution in [0.25, 0.3) is 6.08 Å². The zero-order chi connectivity index (χ0) is 17.1. The van der Waals surface area contributed by atoms with Gasteiger partial charge in [-0.2, -0.15) is 5.26 Å². The third-order valence-electron chi connectivity index (χ3n) is 2.65. The zero-order valence-electron chi connectivity index (χ0n) is 14.0. The van der Waals surface area contributed by atoms with Gasteiger partial charge in [0.05, 0.1) is 12.5 Å². The molecule has 1 amide bonds. The Bertz CT molecular complexity index is 551. The summed E-state index contributed by atoms with van der Waals surface area (Å²) in [5.41, 5.74) is 0.576. The topological polar surface area (TPSA) is 71.3 Å². The molecule has 5 heteroatoms. The third kappa shape index (κ3) is 9.20. The molecule has 124 valence electrons. The fourth-order valence-electron chi connectivity index (χ4n) is 1.68. The summed E-state index contributed by atoms with van der Waals surface area (Å²) in [6.45, 7) is 6.43. The van der Waals surface area contributed by atoms with Gasteiger partial charge in [-0.25, -0.2) is 4.79 Å². The molecule has 0 atom stereocenters. The molecule has 0 bridgehead atoms. The van der Waals surface area contributed by atoms with E-state index in [1.54, 1.807) is 0 Å². The van der Waals surface area contributed by atoms with E-state index < -0.39 is 11.7 Å². The van der Waals surface area contributed by atoms with Crippen LogP contribution in [0.5, 0.6) is 5.75 Å².